The van der Waals surface area contributed by atoms with E-state index in [1.807, 2.05) is 0 Å². The summed E-state index contributed by atoms with van der Waals surface area (Å²) in [6.07, 6.45) is 0. The second-order valence-electron chi connectivity index (χ2n) is 4.38. The minimum absolute atomic E-state index is 0.144. The molecule has 0 atom stereocenters. The van der Waals surface area contributed by atoms with Gasteiger partial charge in [-0.1, -0.05) is 43.7 Å². The van der Waals surface area contributed by atoms with Crippen molar-refractivity contribution in [1.82, 2.24) is 5.32 Å². The van der Waals surface area contributed by atoms with Crippen molar-refractivity contribution >= 4 is 0 Å². The lowest BCUT2D eigenvalue weighted by molar-refractivity contribution is 0.474. The Morgan fingerprint density at radius 1 is 1.36 bits per heavy atom. The molecule has 1 aromatic carbocycles. The van der Waals surface area contributed by atoms with E-state index >= 15 is 0 Å². The van der Waals surface area contributed by atoms with Crippen LogP contribution in [-0.4, -0.2) is 13.2 Å². The van der Waals surface area contributed by atoms with Crippen molar-refractivity contribution in [1.29, 1.82) is 0 Å². The van der Waals surface area contributed by atoms with Gasteiger partial charge in [0, 0.05) is 18.6 Å². The second-order valence-corrected chi connectivity index (χ2v) is 4.38. The van der Waals surface area contributed by atoms with Crippen LogP contribution in [0.3, 0.4) is 0 Å². The van der Waals surface area contributed by atoms with Crippen molar-refractivity contribution in [2.45, 2.75) is 26.2 Å². The molecule has 1 rings (SSSR count). The second kappa shape index (κ2) is 4.58. The van der Waals surface area contributed by atoms with Gasteiger partial charge in [0.15, 0.2) is 0 Å². The first-order chi connectivity index (χ1) is 6.56. The van der Waals surface area contributed by atoms with Crippen molar-refractivity contribution in [3.63, 3.8) is 0 Å². The molecule has 14 heavy (non-hydrogen) atoms. The summed E-state index contributed by atoms with van der Waals surface area (Å²) in [5, 5.41) is 3.18. The molecule has 0 saturated carbocycles. The number of benzene rings is 1. The fourth-order valence-electron chi connectivity index (χ4n) is 1.55. The van der Waals surface area contributed by atoms with Gasteiger partial charge in [0.2, 0.25) is 0 Å². The van der Waals surface area contributed by atoms with Crippen LogP contribution >= 0.6 is 0 Å². The summed E-state index contributed by atoms with van der Waals surface area (Å²) in [5.74, 6) is 0. The molecule has 0 aromatic heterocycles. The predicted octanol–water partition coefficient (Wildman–Crippen LogP) is 1.78. The highest BCUT2D eigenvalue weighted by atomic mass is 15.0. The number of hydrogen-bond acceptors (Lipinski definition) is 2. The molecule has 3 N–H and O–H groups in total. The van der Waals surface area contributed by atoms with E-state index in [9.17, 15) is 0 Å². The number of nitrogens with one attached hydrogen (secondary N) is 1. The molecule has 0 fully saturated rings. The fourth-order valence-corrected chi connectivity index (χ4v) is 1.55. The van der Waals surface area contributed by atoms with E-state index in [0.717, 1.165) is 6.54 Å². The van der Waals surface area contributed by atoms with Gasteiger partial charge in [-0.25, -0.2) is 0 Å². The Morgan fingerprint density at radius 3 is 2.64 bits per heavy atom. The van der Waals surface area contributed by atoms with Gasteiger partial charge in [-0.3, -0.25) is 0 Å². The van der Waals surface area contributed by atoms with E-state index in [1.165, 1.54) is 11.1 Å². The smallest absolute Gasteiger partial charge is 0.0429 e. The summed E-state index contributed by atoms with van der Waals surface area (Å²) in [7, 11) is 0. The van der Waals surface area contributed by atoms with Gasteiger partial charge in [0.1, 0.15) is 0 Å². The maximum absolute atomic E-state index is 5.43. The average Bonchev–Trinajstić information content (AvgIpc) is 2.15. The van der Waals surface area contributed by atoms with Crippen LogP contribution in [-0.2, 0) is 5.41 Å². The average molecular weight is 192 g/mol. The molecular formula is C12H20N2. The highest BCUT2D eigenvalue weighted by Gasteiger charge is 2.19. The third-order valence-electron chi connectivity index (χ3n) is 2.51. The van der Waals surface area contributed by atoms with E-state index in [4.69, 9.17) is 5.73 Å². The Morgan fingerprint density at radius 2 is 2.07 bits per heavy atom. The first kappa shape index (κ1) is 11.2. The van der Waals surface area contributed by atoms with Crippen LogP contribution in [0.25, 0.3) is 0 Å². The van der Waals surface area contributed by atoms with Crippen LogP contribution in [0.4, 0.5) is 0 Å². The molecule has 2 nitrogen and oxygen atoms in total. The molecule has 0 saturated heterocycles. The molecule has 0 bridgehead atoms. The molecular weight excluding hydrogens is 172 g/mol. The van der Waals surface area contributed by atoms with E-state index in [1.54, 1.807) is 0 Å². The van der Waals surface area contributed by atoms with Crippen LogP contribution in [0.15, 0.2) is 24.3 Å². The molecule has 0 radical (unpaired) electrons. The van der Waals surface area contributed by atoms with Gasteiger partial charge in [-0.05, 0) is 12.5 Å². The quantitative estimate of drug-likeness (QED) is 0.714. The lowest BCUT2D eigenvalue weighted by atomic mass is 9.84. The van der Waals surface area contributed by atoms with Gasteiger partial charge in [-0.15, -0.1) is 0 Å². The fraction of sp³-hybridized carbons (Fsp3) is 0.500. The zero-order chi connectivity index (χ0) is 10.6. The van der Waals surface area contributed by atoms with E-state index in [-0.39, 0.29) is 5.41 Å². The van der Waals surface area contributed by atoms with E-state index in [2.05, 4.69) is 50.4 Å². The van der Waals surface area contributed by atoms with Crippen molar-refractivity contribution < 1.29 is 0 Å². The predicted molar refractivity (Wildman–Crippen MR) is 61.3 cm³/mol. The number of hydrogen-bond donors (Lipinski definition) is 2. The Balaban J connectivity index is 2.80. The Bertz CT molecular complexity index is 292. The number of nitrogens with two attached hydrogens (primary N) is 1. The van der Waals surface area contributed by atoms with Gasteiger partial charge >= 0.3 is 0 Å². The minimum atomic E-state index is 0.144. The van der Waals surface area contributed by atoms with Crippen molar-refractivity contribution in [3.8, 4) is 0 Å². The highest BCUT2D eigenvalue weighted by Crippen LogP contribution is 2.22. The maximum atomic E-state index is 5.43. The van der Waals surface area contributed by atoms with Gasteiger partial charge in [0.05, 0.1) is 0 Å². The van der Waals surface area contributed by atoms with Gasteiger partial charge in [-0.2, -0.15) is 0 Å². The van der Waals surface area contributed by atoms with E-state index in [0.29, 0.717) is 6.67 Å². The lowest BCUT2D eigenvalue weighted by Gasteiger charge is -2.25. The Kier molecular flexibility index (Phi) is 3.67. The lowest BCUT2D eigenvalue weighted by Crippen LogP contribution is -2.35. The summed E-state index contributed by atoms with van der Waals surface area (Å²) in [5.41, 5.74) is 8.25. The number of aryl methyl sites for hydroxylation is 1. The largest absolute Gasteiger partial charge is 0.318 e. The summed E-state index contributed by atoms with van der Waals surface area (Å²) in [6, 6.07) is 8.63. The SMILES string of the molecule is Cc1cccc(C(C)(C)CNCN)c1. The van der Waals surface area contributed by atoms with Crippen LogP contribution in [0.2, 0.25) is 0 Å². The Labute approximate surface area is 86.5 Å². The zero-order valence-electron chi connectivity index (χ0n) is 9.30. The highest BCUT2D eigenvalue weighted by molar-refractivity contribution is 5.28. The molecule has 0 spiro atoms. The topological polar surface area (TPSA) is 38.0 Å². The van der Waals surface area contributed by atoms with Crippen LogP contribution < -0.4 is 11.1 Å². The summed E-state index contributed by atoms with van der Waals surface area (Å²) < 4.78 is 0. The van der Waals surface area contributed by atoms with Gasteiger partial charge in [0.25, 0.3) is 0 Å². The molecule has 0 unspecified atom stereocenters. The summed E-state index contributed by atoms with van der Waals surface area (Å²) in [4.78, 5) is 0. The van der Waals surface area contributed by atoms with Crippen LogP contribution in [0.5, 0.6) is 0 Å². The molecule has 0 amide bonds. The monoisotopic (exact) mass is 192 g/mol. The maximum Gasteiger partial charge on any atom is 0.0429 e. The number of rotatable bonds is 4. The molecule has 2 heteroatoms. The third-order valence-corrected chi connectivity index (χ3v) is 2.51. The standard InChI is InChI=1S/C12H20N2/c1-10-5-4-6-11(7-10)12(2,3)8-14-9-13/h4-7,14H,8-9,13H2,1-3H3. The van der Waals surface area contributed by atoms with Crippen LogP contribution in [0, 0.1) is 6.92 Å². The summed E-state index contributed by atoms with van der Waals surface area (Å²) >= 11 is 0. The first-order valence-electron chi connectivity index (χ1n) is 5.04. The molecule has 1 aromatic rings. The molecule has 0 heterocycles. The molecule has 78 valence electrons. The van der Waals surface area contributed by atoms with E-state index < -0.39 is 0 Å². The minimum Gasteiger partial charge on any atom is -0.318 e. The third kappa shape index (κ3) is 2.82. The summed E-state index contributed by atoms with van der Waals surface area (Å²) in [6.45, 7) is 8.02. The Hall–Kier alpha value is -0.860. The first-order valence-corrected chi connectivity index (χ1v) is 5.04. The zero-order valence-corrected chi connectivity index (χ0v) is 9.30. The normalized spacial score (nSPS) is 11.7. The van der Waals surface area contributed by atoms with Crippen molar-refractivity contribution in [2.75, 3.05) is 13.2 Å². The molecule has 0 aliphatic heterocycles. The molecule has 0 aliphatic carbocycles. The van der Waals surface area contributed by atoms with Crippen molar-refractivity contribution in [3.05, 3.63) is 35.4 Å². The van der Waals surface area contributed by atoms with Crippen molar-refractivity contribution in [2.24, 2.45) is 5.73 Å². The van der Waals surface area contributed by atoms with Gasteiger partial charge < -0.3 is 11.1 Å². The van der Waals surface area contributed by atoms with Crippen LogP contribution in [0.1, 0.15) is 25.0 Å². The molecule has 0 aliphatic rings.